The SMILES string of the molecule is COc1cnc(COc2ccc3c(c2)nc(-c2cccnc2)n3C)cn1. The first-order valence-corrected chi connectivity index (χ1v) is 8.09. The summed E-state index contributed by atoms with van der Waals surface area (Å²) in [5, 5.41) is 0. The summed E-state index contributed by atoms with van der Waals surface area (Å²) in [6.07, 6.45) is 6.76. The summed E-state index contributed by atoms with van der Waals surface area (Å²) >= 11 is 0. The number of nitrogens with zero attached hydrogens (tertiary/aromatic N) is 5. The van der Waals surface area contributed by atoms with Gasteiger partial charge in [0.1, 0.15) is 18.2 Å². The number of hydrogen-bond acceptors (Lipinski definition) is 6. The number of aromatic nitrogens is 5. The zero-order valence-electron chi connectivity index (χ0n) is 14.5. The second-order valence-corrected chi connectivity index (χ2v) is 5.73. The second-order valence-electron chi connectivity index (χ2n) is 5.73. The van der Waals surface area contributed by atoms with E-state index in [-0.39, 0.29) is 0 Å². The van der Waals surface area contributed by atoms with E-state index < -0.39 is 0 Å². The Labute approximate surface area is 150 Å². The van der Waals surface area contributed by atoms with Crippen molar-refractivity contribution >= 4 is 11.0 Å². The molecule has 0 amide bonds. The molecule has 0 N–H and O–H groups in total. The van der Waals surface area contributed by atoms with Crippen LogP contribution in [0.4, 0.5) is 0 Å². The zero-order valence-corrected chi connectivity index (χ0v) is 14.5. The molecule has 0 aliphatic heterocycles. The number of ether oxygens (including phenoxy) is 2. The van der Waals surface area contributed by atoms with Gasteiger partial charge in [0.15, 0.2) is 0 Å². The molecule has 0 radical (unpaired) electrons. The van der Waals surface area contributed by atoms with Crippen molar-refractivity contribution in [3.05, 3.63) is 60.8 Å². The third kappa shape index (κ3) is 3.06. The van der Waals surface area contributed by atoms with Crippen molar-refractivity contribution in [2.45, 2.75) is 6.61 Å². The molecule has 7 nitrogen and oxygen atoms in total. The molecule has 0 unspecified atom stereocenters. The largest absolute Gasteiger partial charge is 0.487 e. The Balaban J connectivity index is 1.57. The molecule has 1 aromatic carbocycles. The van der Waals surface area contributed by atoms with Crippen molar-refractivity contribution in [3.8, 4) is 23.0 Å². The van der Waals surface area contributed by atoms with Gasteiger partial charge < -0.3 is 14.0 Å². The molecule has 3 heterocycles. The number of benzene rings is 1. The maximum atomic E-state index is 5.82. The topological polar surface area (TPSA) is 75.0 Å². The Bertz CT molecular complexity index is 1030. The quantitative estimate of drug-likeness (QED) is 0.552. The number of imidazole rings is 1. The summed E-state index contributed by atoms with van der Waals surface area (Å²) in [5.74, 6) is 2.07. The summed E-state index contributed by atoms with van der Waals surface area (Å²) in [7, 11) is 3.55. The van der Waals surface area contributed by atoms with Gasteiger partial charge in [-0.05, 0) is 24.3 Å². The second kappa shape index (κ2) is 6.79. The van der Waals surface area contributed by atoms with Crippen LogP contribution in [-0.4, -0.2) is 31.6 Å². The number of pyridine rings is 1. The number of rotatable bonds is 5. The summed E-state index contributed by atoms with van der Waals surface area (Å²) in [6, 6.07) is 9.74. The number of hydrogen-bond donors (Lipinski definition) is 0. The molecule has 130 valence electrons. The fourth-order valence-corrected chi connectivity index (χ4v) is 2.70. The lowest BCUT2D eigenvalue weighted by Crippen LogP contribution is -2.00. The zero-order chi connectivity index (χ0) is 17.9. The highest BCUT2D eigenvalue weighted by atomic mass is 16.5. The highest BCUT2D eigenvalue weighted by molar-refractivity contribution is 5.81. The van der Waals surface area contributed by atoms with Crippen LogP contribution in [0.25, 0.3) is 22.4 Å². The molecule has 0 atom stereocenters. The van der Waals surface area contributed by atoms with Crippen molar-refractivity contribution < 1.29 is 9.47 Å². The fourth-order valence-electron chi connectivity index (χ4n) is 2.70. The Kier molecular flexibility index (Phi) is 4.18. The van der Waals surface area contributed by atoms with Crippen LogP contribution in [-0.2, 0) is 13.7 Å². The molecule has 26 heavy (non-hydrogen) atoms. The highest BCUT2D eigenvalue weighted by Crippen LogP contribution is 2.26. The monoisotopic (exact) mass is 347 g/mol. The van der Waals surface area contributed by atoms with Gasteiger partial charge in [-0.1, -0.05) is 0 Å². The van der Waals surface area contributed by atoms with Crippen LogP contribution in [0.5, 0.6) is 11.6 Å². The first-order valence-electron chi connectivity index (χ1n) is 8.09. The van der Waals surface area contributed by atoms with Crippen LogP contribution in [0.3, 0.4) is 0 Å². The number of methoxy groups -OCH3 is 1. The predicted molar refractivity (Wildman–Crippen MR) is 96.9 cm³/mol. The molecule has 0 fully saturated rings. The van der Waals surface area contributed by atoms with Crippen LogP contribution in [0, 0.1) is 0 Å². The summed E-state index contributed by atoms with van der Waals surface area (Å²) in [4.78, 5) is 17.3. The van der Waals surface area contributed by atoms with Gasteiger partial charge in [-0.3, -0.25) is 9.97 Å². The maximum absolute atomic E-state index is 5.82. The molecule has 3 aromatic heterocycles. The molecular weight excluding hydrogens is 330 g/mol. The molecule has 0 saturated carbocycles. The van der Waals surface area contributed by atoms with Gasteiger partial charge in [0.05, 0.1) is 36.2 Å². The van der Waals surface area contributed by atoms with E-state index >= 15 is 0 Å². The van der Waals surface area contributed by atoms with E-state index in [9.17, 15) is 0 Å². The standard InChI is InChI=1S/C19H17N5O2/c1-24-17-6-5-15(26-12-14-10-22-18(25-2)11-21-14)8-16(17)23-19(24)13-4-3-7-20-9-13/h3-11H,12H2,1-2H3. The third-order valence-corrected chi connectivity index (χ3v) is 4.05. The lowest BCUT2D eigenvalue weighted by atomic mass is 10.3. The van der Waals surface area contributed by atoms with Crippen LogP contribution in [0.1, 0.15) is 5.69 Å². The molecule has 4 rings (SSSR count). The van der Waals surface area contributed by atoms with Crippen LogP contribution in [0.2, 0.25) is 0 Å². The number of aryl methyl sites for hydroxylation is 1. The van der Waals surface area contributed by atoms with E-state index in [1.807, 2.05) is 41.9 Å². The third-order valence-electron chi connectivity index (χ3n) is 4.05. The lowest BCUT2D eigenvalue weighted by Gasteiger charge is -2.06. The highest BCUT2D eigenvalue weighted by Gasteiger charge is 2.11. The van der Waals surface area contributed by atoms with Gasteiger partial charge in [-0.25, -0.2) is 9.97 Å². The van der Waals surface area contributed by atoms with Crippen LogP contribution >= 0.6 is 0 Å². The first-order chi connectivity index (χ1) is 12.7. The van der Waals surface area contributed by atoms with Crippen LogP contribution < -0.4 is 9.47 Å². The number of fused-ring (bicyclic) bond motifs is 1. The van der Waals surface area contributed by atoms with E-state index in [4.69, 9.17) is 14.5 Å². The predicted octanol–water partition coefficient (Wildman–Crippen LogP) is 3.01. The van der Waals surface area contributed by atoms with Crippen molar-refractivity contribution in [3.63, 3.8) is 0 Å². The Morgan fingerprint density at radius 1 is 1.08 bits per heavy atom. The smallest absolute Gasteiger partial charge is 0.231 e. The van der Waals surface area contributed by atoms with Crippen molar-refractivity contribution in [1.29, 1.82) is 0 Å². The Hall–Kier alpha value is -3.48. The molecule has 0 spiro atoms. The normalized spacial score (nSPS) is 10.8. The average molecular weight is 347 g/mol. The van der Waals surface area contributed by atoms with Gasteiger partial charge in [0.25, 0.3) is 0 Å². The van der Waals surface area contributed by atoms with Gasteiger partial charge in [-0.15, -0.1) is 0 Å². The van der Waals surface area contributed by atoms with E-state index in [2.05, 4.69) is 15.0 Å². The van der Waals surface area contributed by atoms with Gasteiger partial charge >= 0.3 is 0 Å². The molecule has 0 bridgehead atoms. The first kappa shape index (κ1) is 16.0. The maximum Gasteiger partial charge on any atom is 0.231 e. The molecule has 0 aliphatic carbocycles. The van der Waals surface area contributed by atoms with Crippen molar-refractivity contribution in [1.82, 2.24) is 24.5 Å². The van der Waals surface area contributed by atoms with E-state index in [0.717, 1.165) is 33.9 Å². The molecule has 0 aliphatic rings. The fraction of sp³-hybridized carbons (Fsp3) is 0.158. The molecule has 0 saturated heterocycles. The van der Waals surface area contributed by atoms with E-state index in [0.29, 0.717) is 12.5 Å². The van der Waals surface area contributed by atoms with E-state index in [1.165, 1.54) is 0 Å². The minimum absolute atomic E-state index is 0.324. The van der Waals surface area contributed by atoms with Gasteiger partial charge in [0.2, 0.25) is 5.88 Å². The van der Waals surface area contributed by atoms with Gasteiger partial charge in [0, 0.05) is 31.1 Å². The van der Waals surface area contributed by atoms with Gasteiger partial charge in [-0.2, -0.15) is 0 Å². The minimum Gasteiger partial charge on any atom is -0.487 e. The minimum atomic E-state index is 0.324. The van der Waals surface area contributed by atoms with Crippen molar-refractivity contribution in [2.75, 3.05) is 7.11 Å². The molecule has 4 aromatic rings. The van der Waals surface area contributed by atoms with Crippen LogP contribution in [0.15, 0.2) is 55.1 Å². The Morgan fingerprint density at radius 3 is 2.73 bits per heavy atom. The van der Waals surface area contributed by atoms with E-state index in [1.54, 1.807) is 31.9 Å². The summed E-state index contributed by atoms with van der Waals surface area (Å²) in [5.41, 5.74) is 3.59. The summed E-state index contributed by atoms with van der Waals surface area (Å²) < 4.78 is 12.9. The molecular formula is C19H17N5O2. The Morgan fingerprint density at radius 2 is 2.00 bits per heavy atom. The lowest BCUT2D eigenvalue weighted by molar-refractivity contribution is 0.300. The summed E-state index contributed by atoms with van der Waals surface area (Å²) in [6.45, 7) is 0.324. The molecule has 7 heteroatoms. The van der Waals surface area contributed by atoms with Crippen molar-refractivity contribution in [2.24, 2.45) is 7.05 Å². The average Bonchev–Trinajstić information content (AvgIpc) is 3.03.